The highest BCUT2D eigenvalue weighted by molar-refractivity contribution is 6.11. The third-order valence-corrected chi connectivity index (χ3v) is 8.95. The molecule has 5 nitrogen and oxygen atoms in total. The summed E-state index contributed by atoms with van der Waals surface area (Å²) in [7, 11) is 0. The summed E-state index contributed by atoms with van der Waals surface area (Å²) in [5, 5.41) is 2.37. The summed E-state index contributed by atoms with van der Waals surface area (Å²) >= 11 is 0. The van der Waals surface area contributed by atoms with E-state index in [1.807, 2.05) is 72.9 Å². The van der Waals surface area contributed by atoms with Gasteiger partial charge in [-0.2, -0.15) is 0 Å². The van der Waals surface area contributed by atoms with Crippen molar-refractivity contribution in [3.05, 3.63) is 176 Å². The van der Waals surface area contributed by atoms with Gasteiger partial charge in [0.15, 0.2) is 17.5 Å². The maximum absolute atomic E-state index is 5.17. The molecule has 0 radical (unpaired) electrons. The van der Waals surface area contributed by atoms with Crippen LogP contribution in [0.3, 0.4) is 0 Å². The van der Waals surface area contributed by atoms with Gasteiger partial charge in [-0.05, 0) is 53.1 Å². The smallest absolute Gasteiger partial charge is 0.166 e. The fourth-order valence-corrected chi connectivity index (χ4v) is 6.59. The third kappa shape index (κ3) is 5.24. The Kier molecular flexibility index (Phi) is 7.06. The molecule has 0 saturated carbocycles. The summed E-state index contributed by atoms with van der Waals surface area (Å²) in [6.45, 7) is 0. The normalized spacial score (nSPS) is 11.3. The number of hydrogen-bond donors (Lipinski definition) is 0. The zero-order chi connectivity index (χ0) is 32.6. The Labute approximate surface area is 283 Å². The second kappa shape index (κ2) is 12.1. The van der Waals surface area contributed by atoms with Crippen LogP contribution in [0.15, 0.2) is 176 Å². The zero-order valence-electron chi connectivity index (χ0n) is 26.5. The monoisotopic (exact) mass is 627 g/mol. The van der Waals surface area contributed by atoms with Crippen LogP contribution in [0.4, 0.5) is 0 Å². The maximum Gasteiger partial charge on any atom is 0.166 e. The van der Waals surface area contributed by atoms with E-state index in [0.29, 0.717) is 17.5 Å². The van der Waals surface area contributed by atoms with Crippen molar-refractivity contribution in [1.29, 1.82) is 0 Å². The van der Waals surface area contributed by atoms with Crippen molar-refractivity contribution in [2.75, 3.05) is 0 Å². The molecule has 0 aliphatic carbocycles. The molecule has 0 fully saturated rings. The maximum atomic E-state index is 5.17. The topological polar surface area (TPSA) is 56.5 Å². The van der Waals surface area contributed by atoms with Gasteiger partial charge in [-0.1, -0.05) is 127 Å². The Bertz CT molecular complexity index is 2520. The summed E-state index contributed by atoms with van der Waals surface area (Å²) in [5.41, 5.74) is 10.4. The molecular weight excluding hydrogens is 599 g/mol. The first-order valence-corrected chi connectivity index (χ1v) is 16.3. The van der Waals surface area contributed by atoms with Gasteiger partial charge < -0.3 is 4.57 Å². The van der Waals surface area contributed by atoms with Crippen molar-refractivity contribution in [3.8, 4) is 62.1 Å². The molecule has 0 amide bonds. The molecule has 0 N–H and O–H groups in total. The predicted molar refractivity (Wildman–Crippen MR) is 199 cm³/mol. The van der Waals surface area contributed by atoms with Gasteiger partial charge in [-0.3, -0.25) is 4.98 Å². The lowest BCUT2D eigenvalue weighted by Crippen LogP contribution is -2.04. The second-order valence-corrected chi connectivity index (χ2v) is 12.0. The van der Waals surface area contributed by atoms with Gasteiger partial charge in [0, 0.05) is 45.4 Å². The van der Waals surface area contributed by atoms with E-state index in [-0.39, 0.29) is 0 Å². The number of para-hydroxylation sites is 1. The summed E-state index contributed by atoms with van der Waals surface area (Å²) in [4.78, 5) is 19.7. The number of benzene rings is 6. The van der Waals surface area contributed by atoms with Crippen LogP contribution in [0, 0.1) is 0 Å². The molecule has 3 heterocycles. The van der Waals surface area contributed by atoms with Crippen LogP contribution in [0.5, 0.6) is 0 Å². The van der Waals surface area contributed by atoms with Crippen LogP contribution < -0.4 is 0 Å². The summed E-state index contributed by atoms with van der Waals surface area (Å²) < 4.78 is 2.34. The van der Waals surface area contributed by atoms with Crippen molar-refractivity contribution in [2.45, 2.75) is 0 Å². The largest absolute Gasteiger partial charge is 0.309 e. The predicted octanol–water partition coefficient (Wildman–Crippen LogP) is 10.7. The molecule has 0 unspecified atom stereocenters. The molecule has 0 atom stereocenters. The average Bonchev–Trinajstić information content (AvgIpc) is 3.52. The minimum absolute atomic E-state index is 0.597. The molecule has 49 heavy (non-hydrogen) atoms. The van der Waals surface area contributed by atoms with Crippen LogP contribution >= 0.6 is 0 Å². The van der Waals surface area contributed by atoms with E-state index in [1.54, 1.807) is 6.20 Å². The molecule has 0 saturated heterocycles. The van der Waals surface area contributed by atoms with Gasteiger partial charge in [0.2, 0.25) is 0 Å². The van der Waals surface area contributed by atoms with Gasteiger partial charge in [-0.25, -0.2) is 15.0 Å². The highest BCUT2D eigenvalue weighted by Crippen LogP contribution is 2.39. The van der Waals surface area contributed by atoms with E-state index in [9.17, 15) is 0 Å². The molecule has 9 rings (SSSR count). The highest BCUT2D eigenvalue weighted by atomic mass is 15.1. The minimum Gasteiger partial charge on any atom is -0.309 e. The summed E-state index contributed by atoms with van der Waals surface area (Å²) in [5.74, 6) is 1.84. The van der Waals surface area contributed by atoms with E-state index in [1.165, 1.54) is 21.9 Å². The number of rotatable bonds is 6. The number of nitrogens with zero attached hydrogens (tertiary/aromatic N) is 5. The minimum atomic E-state index is 0.597. The van der Waals surface area contributed by atoms with E-state index in [2.05, 4.69) is 107 Å². The van der Waals surface area contributed by atoms with E-state index >= 15 is 0 Å². The summed E-state index contributed by atoms with van der Waals surface area (Å²) in [6.07, 6.45) is 3.69. The molecule has 6 aromatic carbocycles. The van der Waals surface area contributed by atoms with Gasteiger partial charge in [-0.15, -0.1) is 0 Å². The number of pyridine rings is 1. The first-order chi connectivity index (χ1) is 24.3. The Balaban J connectivity index is 1.34. The fraction of sp³-hybridized carbons (Fsp3) is 0. The zero-order valence-corrected chi connectivity index (χ0v) is 26.5. The molecular formula is C44H29N5. The number of hydrogen-bond acceptors (Lipinski definition) is 4. The third-order valence-electron chi connectivity index (χ3n) is 8.95. The number of aromatic nitrogens is 5. The van der Waals surface area contributed by atoms with Crippen LogP contribution in [0.2, 0.25) is 0 Å². The molecule has 0 spiro atoms. The molecule has 0 bridgehead atoms. The second-order valence-electron chi connectivity index (χ2n) is 12.0. The van der Waals surface area contributed by atoms with E-state index in [0.717, 1.165) is 44.5 Å². The van der Waals surface area contributed by atoms with E-state index in [4.69, 9.17) is 15.0 Å². The molecule has 0 aliphatic heterocycles. The van der Waals surface area contributed by atoms with Crippen molar-refractivity contribution < 1.29 is 0 Å². The van der Waals surface area contributed by atoms with Crippen molar-refractivity contribution in [3.63, 3.8) is 0 Å². The first kappa shape index (κ1) is 28.5. The Morgan fingerprint density at radius 2 is 0.918 bits per heavy atom. The molecule has 3 aromatic heterocycles. The molecule has 5 heteroatoms. The Morgan fingerprint density at radius 1 is 0.367 bits per heavy atom. The van der Waals surface area contributed by atoms with Crippen LogP contribution in [-0.4, -0.2) is 24.5 Å². The van der Waals surface area contributed by atoms with Crippen molar-refractivity contribution >= 4 is 21.8 Å². The van der Waals surface area contributed by atoms with Crippen LogP contribution in [-0.2, 0) is 0 Å². The van der Waals surface area contributed by atoms with Gasteiger partial charge >= 0.3 is 0 Å². The van der Waals surface area contributed by atoms with Crippen LogP contribution in [0.25, 0.3) is 83.9 Å². The summed E-state index contributed by atoms with van der Waals surface area (Å²) in [6, 6.07) is 56.7. The lowest BCUT2D eigenvalue weighted by Gasteiger charge is -2.16. The van der Waals surface area contributed by atoms with Gasteiger partial charge in [0.25, 0.3) is 0 Å². The first-order valence-electron chi connectivity index (χ1n) is 16.3. The standard InChI is InChI=1S/C44H29N5/c1-4-13-30(14-5-1)33-22-24-40-37(27-33)36-20-10-11-21-39(36)49(40)41-25-23-34(35-19-12-26-45-29-35)28-38(41)44-47-42(31-15-6-2-7-16-31)46-43(48-44)32-17-8-3-9-18-32/h1-29H. The molecule has 230 valence electrons. The Morgan fingerprint density at radius 3 is 1.59 bits per heavy atom. The molecule has 0 aliphatic rings. The number of fused-ring (bicyclic) bond motifs is 3. The van der Waals surface area contributed by atoms with E-state index < -0.39 is 0 Å². The fourth-order valence-electron chi connectivity index (χ4n) is 6.59. The molecule has 9 aromatic rings. The van der Waals surface area contributed by atoms with Crippen molar-refractivity contribution in [2.24, 2.45) is 0 Å². The quantitative estimate of drug-likeness (QED) is 0.184. The van der Waals surface area contributed by atoms with Gasteiger partial charge in [0.05, 0.1) is 16.7 Å². The average molecular weight is 628 g/mol. The highest BCUT2D eigenvalue weighted by Gasteiger charge is 2.20. The van der Waals surface area contributed by atoms with Gasteiger partial charge in [0.1, 0.15) is 0 Å². The lowest BCUT2D eigenvalue weighted by atomic mass is 10.0. The SMILES string of the molecule is c1ccc(-c2ccc3c(c2)c2ccccc2n3-c2ccc(-c3cccnc3)cc2-c2nc(-c3ccccc3)nc(-c3ccccc3)n2)cc1. The lowest BCUT2D eigenvalue weighted by molar-refractivity contribution is 1.06. The van der Waals surface area contributed by atoms with Crippen molar-refractivity contribution in [1.82, 2.24) is 24.5 Å². The van der Waals surface area contributed by atoms with Crippen LogP contribution in [0.1, 0.15) is 0 Å². The Hall–Kier alpha value is -6.72.